The van der Waals surface area contributed by atoms with Crippen molar-refractivity contribution in [3.05, 3.63) is 24.3 Å². The van der Waals surface area contributed by atoms with Crippen molar-refractivity contribution in [3.63, 3.8) is 0 Å². The highest BCUT2D eigenvalue weighted by Gasteiger charge is 2.13. The number of hydrogen-bond acceptors (Lipinski definition) is 3. The minimum Gasteiger partial charge on any atom is -0.497 e. The van der Waals surface area contributed by atoms with E-state index in [1.54, 1.807) is 18.9 Å². The maximum Gasteiger partial charge on any atom is 0.223 e. The van der Waals surface area contributed by atoms with Crippen LogP contribution in [0.5, 0.6) is 5.75 Å². The van der Waals surface area contributed by atoms with E-state index in [4.69, 9.17) is 4.74 Å². The highest BCUT2D eigenvalue weighted by Crippen LogP contribution is 2.22. The van der Waals surface area contributed by atoms with Gasteiger partial charge in [-0.3, -0.25) is 4.79 Å². The SMILES string of the molecule is CCC(C)N(C)C(=O)CCSc1ccc(OC)cc1. The molecule has 0 aliphatic rings. The van der Waals surface area contributed by atoms with Crippen LogP contribution in [0.1, 0.15) is 26.7 Å². The molecule has 0 fully saturated rings. The standard InChI is InChI=1S/C15H23NO2S/c1-5-12(2)16(3)15(17)10-11-19-14-8-6-13(18-4)7-9-14/h6-9,12H,5,10-11H2,1-4H3. The predicted molar refractivity (Wildman–Crippen MR) is 80.9 cm³/mol. The Bertz CT molecular complexity index is 392. The number of methoxy groups -OCH3 is 1. The van der Waals surface area contributed by atoms with E-state index in [2.05, 4.69) is 13.8 Å². The molecule has 4 heteroatoms. The number of carbonyl (C=O) groups excluding carboxylic acids is 1. The molecule has 19 heavy (non-hydrogen) atoms. The van der Waals surface area contributed by atoms with Gasteiger partial charge in [0.2, 0.25) is 5.91 Å². The summed E-state index contributed by atoms with van der Waals surface area (Å²) in [6.07, 6.45) is 1.57. The Kier molecular flexibility index (Phi) is 6.78. The minimum atomic E-state index is 0.218. The van der Waals surface area contributed by atoms with Gasteiger partial charge in [0.15, 0.2) is 0 Å². The Balaban J connectivity index is 2.35. The Morgan fingerprint density at radius 2 is 2.00 bits per heavy atom. The maximum absolute atomic E-state index is 11.9. The van der Waals surface area contributed by atoms with E-state index < -0.39 is 0 Å². The molecule has 1 aromatic carbocycles. The summed E-state index contributed by atoms with van der Waals surface area (Å²) in [6.45, 7) is 4.18. The Hall–Kier alpha value is -1.16. The van der Waals surface area contributed by atoms with Crippen LogP contribution in [0.2, 0.25) is 0 Å². The number of carbonyl (C=O) groups is 1. The lowest BCUT2D eigenvalue weighted by Crippen LogP contribution is -2.34. The molecule has 1 aromatic rings. The van der Waals surface area contributed by atoms with Crippen molar-refractivity contribution < 1.29 is 9.53 Å². The van der Waals surface area contributed by atoms with Gasteiger partial charge in [-0.05, 0) is 37.6 Å². The number of amides is 1. The molecule has 0 spiro atoms. The molecular formula is C15H23NO2S. The number of thioether (sulfide) groups is 1. The van der Waals surface area contributed by atoms with Crippen LogP contribution in [0.15, 0.2) is 29.2 Å². The fourth-order valence-electron chi connectivity index (χ4n) is 1.62. The van der Waals surface area contributed by atoms with Gasteiger partial charge >= 0.3 is 0 Å². The van der Waals surface area contributed by atoms with E-state index in [-0.39, 0.29) is 5.91 Å². The van der Waals surface area contributed by atoms with Gasteiger partial charge < -0.3 is 9.64 Å². The van der Waals surface area contributed by atoms with Gasteiger partial charge in [0, 0.05) is 30.2 Å². The molecule has 0 N–H and O–H groups in total. The average Bonchev–Trinajstić information content (AvgIpc) is 2.46. The Morgan fingerprint density at radius 3 is 2.53 bits per heavy atom. The summed E-state index contributed by atoms with van der Waals surface area (Å²) in [4.78, 5) is 14.9. The lowest BCUT2D eigenvalue weighted by Gasteiger charge is -2.23. The van der Waals surface area contributed by atoms with Crippen molar-refractivity contribution >= 4 is 17.7 Å². The van der Waals surface area contributed by atoms with Gasteiger partial charge in [-0.15, -0.1) is 11.8 Å². The number of rotatable bonds is 7. The van der Waals surface area contributed by atoms with Crippen molar-refractivity contribution in [1.82, 2.24) is 4.90 Å². The van der Waals surface area contributed by atoms with E-state index in [9.17, 15) is 4.79 Å². The van der Waals surface area contributed by atoms with E-state index in [1.165, 1.54) is 4.90 Å². The molecule has 0 aliphatic carbocycles. The maximum atomic E-state index is 11.9. The van der Waals surface area contributed by atoms with Crippen LogP contribution in [0, 0.1) is 0 Å². The normalized spacial score (nSPS) is 12.0. The van der Waals surface area contributed by atoms with Crippen molar-refractivity contribution in [1.29, 1.82) is 0 Å². The van der Waals surface area contributed by atoms with E-state index >= 15 is 0 Å². The lowest BCUT2D eigenvalue weighted by atomic mass is 10.2. The van der Waals surface area contributed by atoms with E-state index in [1.807, 2.05) is 36.2 Å². The Labute approximate surface area is 120 Å². The second kappa shape index (κ2) is 8.10. The predicted octanol–water partition coefficient (Wildman–Crippen LogP) is 3.43. The zero-order valence-corrected chi connectivity index (χ0v) is 13.0. The van der Waals surface area contributed by atoms with Gasteiger partial charge in [0.1, 0.15) is 5.75 Å². The smallest absolute Gasteiger partial charge is 0.223 e. The fourth-order valence-corrected chi connectivity index (χ4v) is 2.47. The van der Waals surface area contributed by atoms with Crippen molar-refractivity contribution in [2.45, 2.75) is 37.6 Å². The second-order valence-electron chi connectivity index (χ2n) is 4.54. The zero-order chi connectivity index (χ0) is 14.3. The van der Waals surface area contributed by atoms with Gasteiger partial charge in [0.05, 0.1) is 7.11 Å². The van der Waals surface area contributed by atoms with Crippen LogP contribution in [0.25, 0.3) is 0 Å². The molecule has 0 bridgehead atoms. The van der Waals surface area contributed by atoms with Crippen LogP contribution in [-0.2, 0) is 4.79 Å². The first-order chi connectivity index (χ1) is 9.08. The van der Waals surface area contributed by atoms with Crippen LogP contribution in [0.3, 0.4) is 0 Å². The van der Waals surface area contributed by atoms with Crippen molar-refractivity contribution in [2.24, 2.45) is 0 Å². The topological polar surface area (TPSA) is 29.5 Å². The summed E-state index contributed by atoms with van der Waals surface area (Å²) in [5, 5.41) is 0. The van der Waals surface area contributed by atoms with Gasteiger partial charge in [-0.2, -0.15) is 0 Å². The van der Waals surface area contributed by atoms with Gasteiger partial charge in [-0.25, -0.2) is 0 Å². The third-order valence-corrected chi connectivity index (χ3v) is 4.30. The number of hydrogen-bond donors (Lipinski definition) is 0. The second-order valence-corrected chi connectivity index (χ2v) is 5.70. The van der Waals surface area contributed by atoms with Crippen LogP contribution >= 0.6 is 11.8 Å². The highest BCUT2D eigenvalue weighted by atomic mass is 32.2. The molecule has 0 aliphatic heterocycles. The number of nitrogens with zero attached hydrogens (tertiary/aromatic N) is 1. The van der Waals surface area contributed by atoms with Crippen LogP contribution in [0.4, 0.5) is 0 Å². The highest BCUT2D eigenvalue weighted by molar-refractivity contribution is 7.99. The third kappa shape index (κ3) is 5.15. The summed E-state index contributed by atoms with van der Waals surface area (Å²) >= 11 is 1.70. The van der Waals surface area contributed by atoms with Crippen LogP contribution in [-0.4, -0.2) is 36.8 Å². The average molecular weight is 281 g/mol. The van der Waals surface area contributed by atoms with Crippen molar-refractivity contribution in [3.8, 4) is 5.75 Å². The third-order valence-electron chi connectivity index (χ3n) is 3.29. The molecule has 1 atom stereocenters. The van der Waals surface area contributed by atoms with Gasteiger partial charge in [0.25, 0.3) is 0 Å². The molecule has 0 saturated carbocycles. The van der Waals surface area contributed by atoms with E-state index in [0.29, 0.717) is 12.5 Å². The first kappa shape index (κ1) is 15.9. The summed E-state index contributed by atoms with van der Waals surface area (Å²) in [5.41, 5.74) is 0. The first-order valence-electron chi connectivity index (χ1n) is 6.61. The summed E-state index contributed by atoms with van der Waals surface area (Å²) in [7, 11) is 3.54. The minimum absolute atomic E-state index is 0.218. The number of ether oxygens (including phenoxy) is 1. The first-order valence-corrected chi connectivity index (χ1v) is 7.59. The molecule has 0 radical (unpaired) electrons. The molecule has 1 amide bonds. The largest absolute Gasteiger partial charge is 0.497 e. The molecule has 0 aromatic heterocycles. The van der Waals surface area contributed by atoms with Gasteiger partial charge in [-0.1, -0.05) is 6.92 Å². The molecular weight excluding hydrogens is 258 g/mol. The molecule has 1 unspecified atom stereocenters. The molecule has 0 saturated heterocycles. The number of benzene rings is 1. The van der Waals surface area contributed by atoms with E-state index in [0.717, 1.165) is 17.9 Å². The van der Waals surface area contributed by atoms with Crippen LogP contribution < -0.4 is 4.74 Å². The summed E-state index contributed by atoms with van der Waals surface area (Å²) in [6, 6.07) is 8.24. The molecule has 0 heterocycles. The molecule has 1 rings (SSSR count). The molecule has 106 valence electrons. The summed E-state index contributed by atoms with van der Waals surface area (Å²) < 4.78 is 5.11. The molecule has 3 nitrogen and oxygen atoms in total. The summed E-state index contributed by atoms with van der Waals surface area (Å²) in [5.74, 6) is 1.89. The fraction of sp³-hybridized carbons (Fsp3) is 0.533. The zero-order valence-electron chi connectivity index (χ0n) is 12.2. The monoisotopic (exact) mass is 281 g/mol. The Morgan fingerprint density at radius 1 is 1.37 bits per heavy atom. The lowest BCUT2D eigenvalue weighted by molar-refractivity contribution is -0.131. The van der Waals surface area contributed by atoms with Crippen molar-refractivity contribution in [2.75, 3.05) is 19.9 Å². The quantitative estimate of drug-likeness (QED) is 0.717.